The van der Waals surface area contributed by atoms with Crippen molar-refractivity contribution in [1.82, 2.24) is 4.90 Å². The molecule has 1 amide bonds. The fourth-order valence-electron chi connectivity index (χ4n) is 2.70. The second-order valence-corrected chi connectivity index (χ2v) is 5.83. The maximum absolute atomic E-state index is 13.7. The van der Waals surface area contributed by atoms with E-state index in [4.69, 9.17) is 16.7 Å². The molecule has 0 aromatic heterocycles. The zero-order valence-electron chi connectivity index (χ0n) is 11.7. The van der Waals surface area contributed by atoms with Crippen LogP contribution in [0.4, 0.5) is 4.39 Å². The highest BCUT2D eigenvalue weighted by Gasteiger charge is 2.33. The Morgan fingerprint density at radius 1 is 1.48 bits per heavy atom. The summed E-state index contributed by atoms with van der Waals surface area (Å²) in [6.45, 7) is 2.57. The first kappa shape index (κ1) is 15.8. The van der Waals surface area contributed by atoms with Crippen LogP contribution in [-0.2, 0) is 16.0 Å². The summed E-state index contributed by atoms with van der Waals surface area (Å²) in [7, 11) is 0. The number of amides is 1. The van der Waals surface area contributed by atoms with Gasteiger partial charge in [-0.25, -0.2) is 4.39 Å². The van der Waals surface area contributed by atoms with Crippen LogP contribution in [0.15, 0.2) is 18.2 Å². The maximum atomic E-state index is 13.7. The van der Waals surface area contributed by atoms with Crippen LogP contribution in [0.1, 0.15) is 18.9 Å². The van der Waals surface area contributed by atoms with Gasteiger partial charge in [-0.2, -0.15) is 0 Å². The Hall–Kier alpha value is -1.62. The predicted octanol–water partition coefficient (Wildman–Crippen LogP) is 2.59. The number of likely N-dealkylation sites (tertiary alicyclic amines) is 1. The van der Waals surface area contributed by atoms with Crippen molar-refractivity contribution in [2.75, 3.05) is 13.1 Å². The Kier molecular flexibility index (Phi) is 4.83. The van der Waals surface area contributed by atoms with E-state index in [1.165, 1.54) is 12.1 Å². The van der Waals surface area contributed by atoms with Gasteiger partial charge in [0.05, 0.1) is 12.3 Å². The van der Waals surface area contributed by atoms with Crippen molar-refractivity contribution in [1.29, 1.82) is 0 Å². The number of piperidine rings is 1. The number of carbonyl (C=O) groups is 2. The minimum Gasteiger partial charge on any atom is -0.481 e. The highest BCUT2D eigenvalue weighted by Crippen LogP contribution is 2.25. The summed E-state index contributed by atoms with van der Waals surface area (Å²) < 4.78 is 13.7. The maximum Gasteiger partial charge on any atom is 0.306 e. The van der Waals surface area contributed by atoms with Gasteiger partial charge in [0.2, 0.25) is 5.91 Å². The van der Waals surface area contributed by atoms with Gasteiger partial charge >= 0.3 is 5.97 Å². The summed E-state index contributed by atoms with van der Waals surface area (Å²) in [6.07, 6.45) is 0.323. The molecule has 0 saturated carbocycles. The lowest BCUT2D eigenvalue weighted by Crippen LogP contribution is -2.45. The van der Waals surface area contributed by atoms with Crippen molar-refractivity contribution in [3.05, 3.63) is 34.6 Å². The highest BCUT2D eigenvalue weighted by molar-refractivity contribution is 6.31. The summed E-state index contributed by atoms with van der Waals surface area (Å²) in [6, 6.07) is 4.31. The number of carboxylic acids is 1. The quantitative estimate of drug-likeness (QED) is 0.933. The molecule has 2 rings (SSSR count). The van der Waals surface area contributed by atoms with Gasteiger partial charge in [-0.05, 0) is 24.5 Å². The first-order chi connectivity index (χ1) is 9.90. The summed E-state index contributed by atoms with van der Waals surface area (Å²) in [5.74, 6) is -2.09. The van der Waals surface area contributed by atoms with E-state index in [0.29, 0.717) is 19.5 Å². The van der Waals surface area contributed by atoms with Gasteiger partial charge in [-0.3, -0.25) is 9.59 Å². The fourth-order valence-corrected chi connectivity index (χ4v) is 2.93. The van der Waals surface area contributed by atoms with Crippen LogP contribution >= 0.6 is 11.6 Å². The lowest BCUT2D eigenvalue weighted by molar-refractivity contribution is -0.148. The minimum absolute atomic E-state index is 0.101. The monoisotopic (exact) mass is 313 g/mol. The Balaban J connectivity index is 2.04. The normalized spacial score (nSPS) is 22.1. The Labute approximate surface area is 127 Å². The highest BCUT2D eigenvalue weighted by atomic mass is 35.5. The second kappa shape index (κ2) is 6.43. The van der Waals surface area contributed by atoms with Gasteiger partial charge in [0.25, 0.3) is 0 Å². The average molecular weight is 314 g/mol. The van der Waals surface area contributed by atoms with Gasteiger partial charge in [0.15, 0.2) is 0 Å². The van der Waals surface area contributed by atoms with Gasteiger partial charge in [0, 0.05) is 23.7 Å². The fraction of sp³-hybridized carbons (Fsp3) is 0.467. The third-order valence-corrected chi connectivity index (χ3v) is 4.32. The van der Waals surface area contributed by atoms with E-state index in [0.717, 1.165) is 0 Å². The molecule has 0 radical (unpaired) electrons. The van der Waals surface area contributed by atoms with Gasteiger partial charge in [-0.1, -0.05) is 24.6 Å². The van der Waals surface area contributed by atoms with Crippen LogP contribution in [0.25, 0.3) is 0 Å². The molecule has 114 valence electrons. The van der Waals surface area contributed by atoms with Gasteiger partial charge in [-0.15, -0.1) is 0 Å². The van der Waals surface area contributed by atoms with Crippen LogP contribution in [0, 0.1) is 17.7 Å². The molecule has 0 bridgehead atoms. The molecule has 1 aromatic carbocycles. The molecule has 1 saturated heterocycles. The molecule has 2 unspecified atom stereocenters. The van der Waals surface area contributed by atoms with Crippen LogP contribution in [0.5, 0.6) is 0 Å². The Morgan fingerprint density at radius 2 is 2.19 bits per heavy atom. The van der Waals surface area contributed by atoms with E-state index in [1.54, 1.807) is 11.0 Å². The smallest absolute Gasteiger partial charge is 0.306 e. The molecular weight excluding hydrogens is 297 g/mol. The van der Waals surface area contributed by atoms with Crippen LogP contribution in [-0.4, -0.2) is 35.0 Å². The van der Waals surface area contributed by atoms with E-state index in [9.17, 15) is 14.0 Å². The summed E-state index contributed by atoms with van der Waals surface area (Å²) in [5, 5.41) is 9.30. The van der Waals surface area contributed by atoms with Gasteiger partial charge in [0.1, 0.15) is 5.82 Å². The molecular formula is C15H17ClFNO3. The molecule has 0 aliphatic carbocycles. The Bertz CT molecular complexity index is 544. The molecule has 1 fully saturated rings. The lowest BCUT2D eigenvalue weighted by atomic mass is 9.87. The number of rotatable bonds is 3. The number of aliphatic carboxylic acids is 1. The zero-order valence-corrected chi connectivity index (χ0v) is 12.4. The minimum atomic E-state index is -0.827. The van der Waals surface area contributed by atoms with Gasteiger partial charge < -0.3 is 10.0 Å². The number of hydrogen-bond acceptors (Lipinski definition) is 2. The number of nitrogens with zero attached hydrogens (tertiary/aromatic N) is 1. The SMILES string of the molecule is CC1CN(C(=O)Cc2c(F)cccc2Cl)CCC1C(=O)O. The molecule has 1 aliphatic heterocycles. The molecule has 1 aliphatic rings. The molecule has 2 atom stereocenters. The first-order valence-electron chi connectivity index (χ1n) is 6.83. The number of halogens is 2. The average Bonchev–Trinajstić information content (AvgIpc) is 2.42. The van der Waals surface area contributed by atoms with Crippen LogP contribution in [0.2, 0.25) is 5.02 Å². The molecule has 21 heavy (non-hydrogen) atoms. The standard InChI is InChI=1S/C15H17ClFNO3/c1-9-8-18(6-5-10(9)15(20)21)14(19)7-11-12(16)3-2-4-13(11)17/h2-4,9-10H,5-8H2,1H3,(H,20,21). The van der Waals surface area contributed by atoms with Crippen LogP contribution in [0.3, 0.4) is 0 Å². The Morgan fingerprint density at radius 3 is 2.76 bits per heavy atom. The molecule has 1 aromatic rings. The summed E-state index contributed by atoms with van der Waals surface area (Å²) in [5.41, 5.74) is 0.192. The van der Waals surface area contributed by atoms with E-state index >= 15 is 0 Å². The molecule has 1 heterocycles. The predicted molar refractivity (Wildman–Crippen MR) is 76.6 cm³/mol. The van der Waals surface area contributed by atoms with Crippen molar-refractivity contribution in [3.8, 4) is 0 Å². The van der Waals surface area contributed by atoms with E-state index < -0.39 is 17.7 Å². The molecule has 0 spiro atoms. The number of benzene rings is 1. The molecule has 6 heteroatoms. The van der Waals surface area contributed by atoms with Crippen molar-refractivity contribution in [3.63, 3.8) is 0 Å². The number of hydrogen-bond donors (Lipinski definition) is 1. The topological polar surface area (TPSA) is 57.6 Å². The summed E-state index contributed by atoms with van der Waals surface area (Å²) in [4.78, 5) is 24.9. The third-order valence-electron chi connectivity index (χ3n) is 3.96. The second-order valence-electron chi connectivity index (χ2n) is 5.43. The van der Waals surface area contributed by atoms with E-state index in [2.05, 4.69) is 0 Å². The molecule has 4 nitrogen and oxygen atoms in total. The third kappa shape index (κ3) is 3.53. The summed E-state index contributed by atoms with van der Waals surface area (Å²) >= 11 is 5.92. The van der Waals surface area contributed by atoms with Crippen molar-refractivity contribution < 1.29 is 19.1 Å². The van der Waals surface area contributed by atoms with Crippen molar-refractivity contribution >= 4 is 23.5 Å². The first-order valence-corrected chi connectivity index (χ1v) is 7.21. The van der Waals surface area contributed by atoms with Crippen LogP contribution < -0.4 is 0 Å². The van der Waals surface area contributed by atoms with E-state index in [1.807, 2.05) is 6.92 Å². The number of carbonyl (C=O) groups excluding carboxylic acids is 1. The zero-order chi connectivity index (χ0) is 15.6. The van der Waals surface area contributed by atoms with E-state index in [-0.39, 0.29) is 28.8 Å². The van der Waals surface area contributed by atoms with Crippen molar-refractivity contribution in [2.24, 2.45) is 11.8 Å². The number of carboxylic acid groups (broad SMARTS) is 1. The van der Waals surface area contributed by atoms with Crippen molar-refractivity contribution in [2.45, 2.75) is 19.8 Å². The largest absolute Gasteiger partial charge is 0.481 e. The molecule has 1 N–H and O–H groups in total. The lowest BCUT2D eigenvalue weighted by Gasteiger charge is -2.35.